The number of nitrogens with zero attached hydrogens (tertiary/aromatic N) is 5. The number of carbonyl (C=O) groups is 2. The SMILES string of the molecule is CC(C(=O)O)n1cnn2cc(-c3nc(NC4CC(CC(=O)O)C4)ncc3Cl)cc2c1=O. The van der Waals surface area contributed by atoms with Crippen LogP contribution >= 0.6 is 11.6 Å². The first kappa shape index (κ1) is 20.8. The number of hydrogen-bond acceptors (Lipinski definition) is 7. The molecule has 3 aromatic heterocycles. The molecule has 1 unspecified atom stereocenters. The van der Waals surface area contributed by atoms with Crippen molar-refractivity contribution in [1.29, 1.82) is 0 Å². The minimum atomic E-state index is -1.14. The lowest BCUT2D eigenvalue weighted by atomic mass is 9.78. The number of aliphatic carboxylic acids is 2. The van der Waals surface area contributed by atoms with Gasteiger partial charge in [-0.25, -0.2) is 19.3 Å². The van der Waals surface area contributed by atoms with E-state index in [1.807, 2.05) is 0 Å². The highest BCUT2D eigenvalue weighted by molar-refractivity contribution is 6.32. The molecule has 12 heteroatoms. The third kappa shape index (κ3) is 4.08. The van der Waals surface area contributed by atoms with E-state index in [1.165, 1.54) is 24.0 Å². The van der Waals surface area contributed by atoms with Crippen LogP contribution in [0.1, 0.15) is 32.2 Å². The zero-order chi connectivity index (χ0) is 22.3. The normalized spacial score (nSPS) is 19.0. The molecule has 0 aliphatic heterocycles. The third-order valence-corrected chi connectivity index (χ3v) is 5.66. The van der Waals surface area contributed by atoms with Gasteiger partial charge in [-0.1, -0.05) is 11.6 Å². The fourth-order valence-corrected chi connectivity index (χ4v) is 3.82. The number of halogens is 1. The van der Waals surface area contributed by atoms with Crippen molar-refractivity contribution >= 4 is 35.0 Å². The highest BCUT2D eigenvalue weighted by Crippen LogP contribution is 2.33. The van der Waals surface area contributed by atoms with Gasteiger partial charge in [-0.05, 0) is 31.7 Å². The summed E-state index contributed by atoms with van der Waals surface area (Å²) in [4.78, 5) is 43.3. The molecule has 3 N–H and O–H groups in total. The van der Waals surface area contributed by atoms with Crippen LogP contribution in [0.5, 0.6) is 0 Å². The van der Waals surface area contributed by atoms with Crippen LogP contribution in [0.15, 0.2) is 29.6 Å². The van der Waals surface area contributed by atoms with E-state index in [0.29, 0.717) is 17.2 Å². The molecule has 0 radical (unpaired) electrons. The zero-order valence-electron chi connectivity index (χ0n) is 16.4. The highest BCUT2D eigenvalue weighted by Gasteiger charge is 2.31. The first-order valence-electron chi connectivity index (χ1n) is 9.56. The molecule has 0 spiro atoms. The van der Waals surface area contributed by atoms with Crippen molar-refractivity contribution in [3.8, 4) is 11.3 Å². The number of hydrogen-bond donors (Lipinski definition) is 3. The van der Waals surface area contributed by atoms with Crippen LogP contribution < -0.4 is 10.9 Å². The molecule has 1 aliphatic carbocycles. The number of anilines is 1. The number of carboxylic acids is 2. The van der Waals surface area contributed by atoms with E-state index >= 15 is 0 Å². The van der Waals surface area contributed by atoms with Gasteiger partial charge in [0.05, 0.1) is 16.9 Å². The number of carboxylic acid groups (broad SMARTS) is 2. The molecule has 11 nitrogen and oxygen atoms in total. The van der Waals surface area contributed by atoms with E-state index < -0.39 is 23.5 Å². The van der Waals surface area contributed by atoms with Gasteiger partial charge < -0.3 is 15.5 Å². The maximum atomic E-state index is 12.7. The minimum Gasteiger partial charge on any atom is -0.481 e. The second kappa shape index (κ2) is 7.99. The molecule has 4 rings (SSSR count). The Balaban J connectivity index is 1.60. The smallest absolute Gasteiger partial charge is 0.326 e. The fraction of sp³-hybridized carbons (Fsp3) is 0.368. The van der Waals surface area contributed by atoms with Crippen molar-refractivity contribution in [2.75, 3.05) is 5.32 Å². The Morgan fingerprint density at radius 1 is 1.35 bits per heavy atom. The van der Waals surface area contributed by atoms with Gasteiger partial charge in [0.2, 0.25) is 5.95 Å². The van der Waals surface area contributed by atoms with Crippen molar-refractivity contribution < 1.29 is 19.8 Å². The summed E-state index contributed by atoms with van der Waals surface area (Å²) in [5.41, 5.74) is 0.602. The van der Waals surface area contributed by atoms with Gasteiger partial charge in [0.25, 0.3) is 5.56 Å². The Labute approximate surface area is 180 Å². The summed E-state index contributed by atoms with van der Waals surface area (Å²) in [5, 5.41) is 25.6. The minimum absolute atomic E-state index is 0.0814. The van der Waals surface area contributed by atoms with Crippen LogP contribution in [-0.2, 0) is 9.59 Å². The summed E-state index contributed by atoms with van der Waals surface area (Å²) in [7, 11) is 0. The van der Waals surface area contributed by atoms with Gasteiger partial charge in [0.1, 0.15) is 17.9 Å². The molecule has 0 amide bonds. The zero-order valence-corrected chi connectivity index (χ0v) is 17.2. The standard InChI is InChI=1S/C19H19ClN6O5/c1-9(18(30)31)25-8-22-26-7-11(5-14(26)17(25)29)16-13(20)6-21-19(24-16)23-12-2-10(3-12)4-15(27)28/h5-10,12H,2-4H2,1H3,(H,27,28)(H,30,31)(H,21,23,24). The lowest BCUT2D eigenvalue weighted by molar-refractivity contribution is -0.140. The predicted octanol–water partition coefficient (Wildman–Crippen LogP) is 1.92. The molecular weight excluding hydrogens is 428 g/mol. The van der Waals surface area contributed by atoms with E-state index in [4.69, 9.17) is 16.7 Å². The van der Waals surface area contributed by atoms with Crippen molar-refractivity contribution in [1.82, 2.24) is 24.1 Å². The second-order valence-electron chi connectivity index (χ2n) is 7.58. The van der Waals surface area contributed by atoms with E-state index in [2.05, 4.69) is 20.4 Å². The number of fused-ring (bicyclic) bond motifs is 1. The molecule has 162 valence electrons. The summed E-state index contributed by atoms with van der Waals surface area (Å²) in [5.74, 6) is -1.46. The lowest BCUT2D eigenvalue weighted by Crippen LogP contribution is -2.37. The molecule has 1 atom stereocenters. The van der Waals surface area contributed by atoms with E-state index in [1.54, 1.807) is 12.3 Å². The Morgan fingerprint density at radius 3 is 2.77 bits per heavy atom. The molecule has 0 bridgehead atoms. The molecule has 0 saturated heterocycles. The van der Waals surface area contributed by atoms with Gasteiger partial charge in [0, 0.05) is 24.2 Å². The predicted molar refractivity (Wildman–Crippen MR) is 110 cm³/mol. The van der Waals surface area contributed by atoms with E-state index in [9.17, 15) is 19.5 Å². The van der Waals surface area contributed by atoms with Crippen LogP contribution in [0.25, 0.3) is 16.8 Å². The fourth-order valence-electron chi connectivity index (χ4n) is 3.62. The van der Waals surface area contributed by atoms with Crippen LogP contribution in [0.4, 0.5) is 5.95 Å². The molecule has 3 heterocycles. The maximum absolute atomic E-state index is 12.7. The molecule has 1 saturated carbocycles. The van der Waals surface area contributed by atoms with Crippen molar-refractivity contribution in [2.45, 2.75) is 38.3 Å². The third-order valence-electron chi connectivity index (χ3n) is 5.38. The number of rotatable bonds is 7. The Bertz CT molecular complexity index is 1230. The molecule has 3 aromatic rings. The summed E-state index contributed by atoms with van der Waals surface area (Å²) in [6, 6.07) is 0.567. The maximum Gasteiger partial charge on any atom is 0.326 e. The average Bonchev–Trinajstić information content (AvgIpc) is 3.12. The molecule has 1 aliphatic rings. The van der Waals surface area contributed by atoms with Crippen LogP contribution in [0.3, 0.4) is 0 Å². The largest absolute Gasteiger partial charge is 0.481 e. The Morgan fingerprint density at radius 2 is 2.10 bits per heavy atom. The van der Waals surface area contributed by atoms with Crippen LogP contribution in [0, 0.1) is 5.92 Å². The summed E-state index contributed by atoms with van der Waals surface area (Å²) in [6.45, 7) is 1.40. The molecular formula is C19H19ClN6O5. The Hall–Kier alpha value is -3.47. The van der Waals surface area contributed by atoms with Gasteiger partial charge in [-0.3, -0.25) is 14.2 Å². The van der Waals surface area contributed by atoms with E-state index in [-0.39, 0.29) is 28.9 Å². The summed E-state index contributed by atoms with van der Waals surface area (Å²) >= 11 is 6.28. The van der Waals surface area contributed by atoms with Gasteiger partial charge in [-0.2, -0.15) is 5.10 Å². The first-order valence-corrected chi connectivity index (χ1v) is 9.94. The van der Waals surface area contributed by atoms with Gasteiger partial charge >= 0.3 is 11.9 Å². The van der Waals surface area contributed by atoms with Gasteiger partial charge in [-0.15, -0.1) is 0 Å². The number of aromatic nitrogens is 5. The quantitative estimate of drug-likeness (QED) is 0.494. The molecule has 0 aromatic carbocycles. The van der Waals surface area contributed by atoms with Crippen molar-refractivity contribution in [2.24, 2.45) is 5.92 Å². The summed E-state index contributed by atoms with van der Waals surface area (Å²) < 4.78 is 2.39. The Kier molecular flexibility index (Phi) is 5.36. The summed E-state index contributed by atoms with van der Waals surface area (Å²) in [6.07, 6.45) is 5.78. The van der Waals surface area contributed by atoms with Crippen molar-refractivity contribution in [3.63, 3.8) is 0 Å². The van der Waals surface area contributed by atoms with Gasteiger partial charge in [0.15, 0.2) is 0 Å². The van der Waals surface area contributed by atoms with Crippen LogP contribution in [0.2, 0.25) is 5.02 Å². The average molecular weight is 447 g/mol. The molecule has 31 heavy (non-hydrogen) atoms. The molecule has 1 fully saturated rings. The first-order chi connectivity index (χ1) is 14.7. The van der Waals surface area contributed by atoms with E-state index in [0.717, 1.165) is 17.4 Å². The second-order valence-corrected chi connectivity index (χ2v) is 7.99. The topological polar surface area (TPSA) is 152 Å². The number of nitrogens with one attached hydrogen (secondary N) is 1. The van der Waals surface area contributed by atoms with Crippen molar-refractivity contribution in [3.05, 3.63) is 40.2 Å². The monoisotopic (exact) mass is 446 g/mol. The lowest BCUT2D eigenvalue weighted by Gasteiger charge is -2.34. The highest BCUT2D eigenvalue weighted by atomic mass is 35.5. The van der Waals surface area contributed by atoms with Crippen LogP contribution in [-0.4, -0.2) is 52.3 Å².